The Hall–Kier alpha value is -1.37. The van der Waals surface area contributed by atoms with Crippen LogP contribution in [0.4, 0.5) is 4.79 Å². The van der Waals surface area contributed by atoms with Crippen LogP contribution in [0, 0.1) is 5.41 Å². The van der Waals surface area contributed by atoms with E-state index in [1.807, 2.05) is 33.0 Å². The van der Waals surface area contributed by atoms with Crippen LogP contribution in [0.25, 0.3) is 5.57 Å². The first-order chi connectivity index (χ1) is 13.3. The summed E-state index contributed by atoms with van der Waals surface area (Å²) < 4.78 is 11.7. The van der Waals surface area contributed by atoms with Gasteiger partial charge < -0.3 is 14.1 Å². The van der Waals surface area contributed by atoms with Gasteiger partial charge in [0.1, 0.15) is 5.60 Å². The average Bonchev–Trinajstić information content (AvgIpc) is 2.57. The average molecular weight is 439 g/mol. The number of amides is 1. The van der Waals surface area contributed by atoms with Crippen molar-refractivity contribution in [2.24, 2.45) is 5.41 Å². The van der Waals surface area contributed by atoms with Crippen LogP contribution in [-0.4, -0.2) is 43.7 Å². The fraction of sp³-hybridized carbons (Fsp3) is 0.636. The molecule has 0 aromatic carbocycles. The van der Waals surface area contributed by atoms with Crippen LogP contribution in [0.2, 0.25) is 18.1 Å². The molecule has 1 amide bonds. The quantitative estimate of drug-likeness (QED) is 0.553. The summed E-state index contributed by atoms with van der Waals surface area (Å²) in [7, 11) is -1.25. The number of carbonyl (C=O) groups is 1. The Labute approximate surface area is 182 Å². The lowest BCUT2D eigenvalue weighted by molar-refractivity contribution is 0.0270. The predicted molar refractivity (Wildman–Crippen MR) is 122 cm³/mol. The molecule has 1 aromatic heterocycles. The van der Waals surface area contributed by atoms with E-state index in [-0.39, 0.29) is 17.6 Å². The molecule has 0 saturated heterocycles. The fourth-order valence-corrected chi connectivity index (χ4v) is 4.54. The molecule has 1 atom stereocenters. The largest absolute Gasteiger partial charge is 0.444 e. The Bertz CT molecular complexity index is 766. The maximum Gasteiger partial charge on any atom is 0.410 e. The van der Waals surface area contributed by atoms with E-state index in [1.165, 1.54) is 0 Å². The molecule has 0 saturated carbocycles. The molecule has 0 aliphatic carbocycles. The zero-order chi connectivity index (χ0) is 22.0. The van der Waals surface area contributed by atoms with E-state index in [0.717, 1.165) is 23.3 Å². The zero-order valence-corrected chi connectivity index (χ0v) is 20.9. The fourth-order valence-electron chi connectivity index (χ4n) is 3.19. The Kier molecular flexibility index (Phi) is 7.57. The van der Waals surface area contributed by atoms with Crippen LogP contribution >= 0.6 is 11.6 Å². The van der Waals surface area contributed by atoms with Crippen molar-refractivity contribution >= 4 is 32.3 Å². The molecule has 7 heteroatoms. The number of aromatic nitrogens is 1. The number of hydrogen-bond acceptors (Lipinski definition) is 4. The van der Waals surface area contributed by atoms with Gasteiger partial charge in [-0.15, -0.1) is 0 Å². The zero-order valence-electron chi connectivity index (χ0n) is 19.0. The second-order valence-corrected chi connectivity index (χ2v) is 12.7. The van der Waals surface area contributed by atoms with Gasteiger partial charge in [0, 0.05) is 19.3 Å². The van der Waals surface area contributed by atoms with Crippen molar-refractivity contribution in [2.75, 3.05) is 13.1 Å². The molecular weight excluding hydrogens is 404 g/mol. The van der Waals surface area contributed by atoms with Crippen molar-refractivity contribution in [1.29, 1.82) is 0 Å². The summed E-state index contributed by atoms with van der Waals surface area (Å²) >= 11 is 6.65. The number of carbonyl (C=O) groups excluding carboxylic acids is 1. The summed E-state index contributed by atoms with van der Waals surface area (Å²) in [5.74, 6) is 0. The van der Waals surface area contributed by atoms with Crippen LogP contribution in [-0.2, 0) is 9.16 Å². The van der Waals surface area contributed by atoms with E-state index in [0.29, 0.717) is 18.1 Å². The molecule has 162 valence electrons. The van der Waals surface area contributed by atoms with E-state index in [4.69, 9.17) is 25.7 Å². The van der Waals surface area contributed by atoms with Crippen molar-refractivity contribution in [3.05, 3.63) is 34.6 Å². The highest BCUT2D eigenvalue weighted by Gasteiger charge is 2.31. The first-order valence-electron chi connectivity index (χ1n) is 10.3. The maximum absolute atomic E-state index is 12.2. The second kappa shape index (κ2) is 9.19. The minimum Gasteiger partial charge on any atom is -0.444 e. The molecule has 1 aliphatic rings. The minimum atomic E-state index is -1.25. The van der Waals surface area contributed by atoms with E-state index in [9.17, 15) is 4.79 Å². The molecular formula is C22H35ClN2O3Si. The molecule has 2 rings (SSSR count). The molecule has 0 N–H and O–H groups in total. The number of pyridine rings is 1. The third-order valence-electron chi connectivity index (χ3n) is 4.54. The van der Waals surface area contributed by atoms with Gasteiger partial charge >= 0.3 is 6.09 Å². The van der Waals surface area contributed by atoms with Crippen LogP contribution in [0.1, 0.15) is 65.3 Å². The van der Waals surface area contributed by atoms with Gasteiger partial charge in [-0.25, -0.2) is 4.79 Å². The van der Waals surface area contributed by atoms with Gasteiger partial charge in [-0.1, -0.05) is 38.4 Å². The summed E-state index contributed by atoms with van der Waals surface area (Å²) in [5, 5.41) is 0.632. The van der Waals surface area contributed by atoms with E-state index in [1.54, 1.807) is 4.90 Å². The van der Waals surface area contributed by atoms with Crippen molar-refractivity contribution in [2.45, 2.75) is 72.8 Å². The Morgan fingerprint density at radius 3 is 2.34 bits per heavy atom. The Morgan fingerprint density at radius 2 is 1.90 bits per heavy atom. The van der Waals surface area contributed by atoms with Crippen molar-refractivity contribution in [1.82, 2.24) is 9.88 Å². The third kappa shape index (κ3) is 6.83. The highest BCUT2D eigenvalue weighted by molar-refractivity contribution is 6.48. The lowest BCUT2D eigenvalue weighted by Gasteiger charge is -2.33. The predicted octanol–water partition coefficient (Wildman–Crippen LogP) is 5.85. The summed E-state index contributed by atoms with van der Waals surface area (Å²) in [6.07, 6.45) is 4.27. The van der Waals surface area contributed by atoms with Gasteiger partial charge in [0.2, 0.25) is 0 Å². The minimum absolute atomic E-state index is 0.0898. The van der Waals surface area contributed by atoms with Gasteiger partial charge in [0.05, 0.1) is 16.8 Å². The second-order valence-electron chi connectivity index (χ2n) is 9.93. The molecule has 0 spiro atoms. The summed E-state index contributed by atoms with van der Waals surface area (Å²) in [4.78, 5) is 18.7. The normalized spacial score (nSPS) is 16.6. The van der Waals surface area contributed by atoms with Crippen molar-refractivity contribution < 1.29 is 14.0 Å². The first kappa shape index (κ1) is 23.9. The van der Waals surface area contributed by atoms with E-state index in [2.05, 4.69) is 39.9 Å². The highest BCUT2D eigenvalue weighted by Crippen LogP contribution is 2.39. The van der Waals surface area contributed by atoms with Crippen molar-refractivity contribution in [3.63, 3.8) is 0 Å². The van der Waals surface area contributed by atoms with Gasteiger partial charge in [-0.05, 0) is 62.9 Å². The molecule has 1 aromatic rings. The lowest BCUT2D eigenvalue weighted by atomic mass is 9.86. The van der Waals surface area contributed by atoms with Gasteiger partial charge in [-0.2, -0.15) is 0 Å². The highest BCUT2D eigenvalue weighted by atomic mass is 35.5. The molecule has 29 heavy (non-hydrogen) atoms. The molecule has 0 fully saturated rings. The maximum atomic E-state index is 12.2. The molecule has 0 bridgehead atoms. The smallest absolute Gasteiger partial charge is 0.410 e. The molecule has 2 heterocycles. The van der Waals surface area contributed by atoms with Crippen LogP contribution in [0.5, 0.6) is 0 Å². The monoisotopic (exact) mass is 438 g/mol. The van der Waals surface area contributed by atoms with Gasteiger partial charge in [-0.3, -0.25) is 4.98 Å². The van der Waals surface area contributed by atoms with E-state index < -0.39 is 14.6 Å². The van der Waals surface area contributed by atoms with Gasteiger partial charge in [0.15, 0.2) is 9.04 Å². The van der Waals surface area contributed by atoms with Crippen molar-refractivity contribution in [3.8, 4) is 0 Å². The SMILES string of the molecule is C[SiH](C)OC(c1ncc(C2=CCN(C(=O)OC(C)(C)C)CC2)cc1Cl)C(C)(C)C. The van der Waals surface area contributed by atoms with Gasteiger partial charge in [0.25, 0.3) is 0 Å². The molecule has 1 unspecified atom stereocenters. The van der Waals surface area contributed by atoms with Crippen LogP contribution in [0.15, 0.2) is 18.3 Å². The summed E-state index contributed by atoms with van der Waals surface area (Å²) in [6.45, 7) is 17.5. The Morgan fingerprint density at radius 1 is 1.24 bits per heavy atom. The van der Waals surface area contributed by atoms with Crippen LogP contribution < -0.4 is 0 Å². The number of rotatable bonds is 4. The first-order valence-corrected chi connectivity index (χ1v) is 13.4. The lowest BCUT2D eigenvalue weighted by Crippen LogP contribution is -2.39. The number of ether oxygens (including phenoxy) is 1. The topological polar surface area (TPSA) is 51.7 Å². The number of hydrogen-bond donors (Lipinski definition) is 0. The van der Waals surface area contributed by atoms with Crippen LogP contribution in [0.3, 0.4) is 0 Å². The number of nitrogens with zero attached hydrogens (tertiary/aromatic N) is 2. The number of halogens is 1. The Balaban J connectivity index is 2.17. The summed E-state index contributed by atoms with van der Waals surface area (Å²) in [5.41, 5.74) is 2.37. The molecule has 1 aliphatic heterocycles. The molecule has 0 radical (unpaired) electrons. The molecule has 5 nitrogen and oxygen atoms in total. The standard InChI is InChI=1S/C22H35ClN2O3Si/c1-21(2,3)19(28-29(7)8)18-17(23)13-16(14-24-18)15-9-11-25(12-10-15)20(26)27-22(4,5)6/h9,13-14,19,29H,10-12H2,1-8H3. The van der Waals surface area contributed by atoms with E-state index >= 15 is 0 Å². The third-order valence-corrected chi connectivity index (χ3v) is 5.66. The summed E-state index contributed by atoms with van der Waals surface area (Å²) in [6, 6.07) is 1.98.